The third-order valence-corrected chi connectivity index (χ3v) is 7.38. The second-order valence-corrected chi connectivity index (χ2v) is 10.9. The van der Waals surface area contributed by atoms with Gasteiger partial charge in [-0.1, -0.05) is 49.4 Å². The molecule has 0 bridgehead atoms. The van der Waals surface area contributed by atoms with Crippen LogP contribution in [0.3, 0.4) is 0 Å². The Balaban J connectivity index is 1.76. The number of hydrogen-bond donors (Lipinski definition) is 2. The molecule has 3 aromatic rings. The van der Waals surface area contributed by atoms with Crippen LogP contribution in [0.15, 0.2) is 58.7 Å². The fourth-order valence-electron chi connectivity index (χ4n) is 3.67. The van der Waals surface area contributed by atoms with Gasteiger partial charge in [0.15, 0.2) is 11.0 Å². The highest BCUT2D eigenvalue weighted by molar-refractivity contribution is 9.10. The maximum absolute atomic E-state index is 13.0. The summed E-state index contributed by atoms with van der Waals surface area (Å²) in [5.74, 6) is 0.543. The number of nitrogens with zero attached hydrogens (tertiary/aromatic N) is 3. The molecule has 190 valence electrons. The number of hydrogen-bond acceptors (Lipinski definition) is 5. The summed E-state index contributed by atoms with van der Waals surface area (Å²) >= 11 is 4.81. The van der Waals surface area contributed by atoms with Gasteiger partial charge in [-0.25, -0.2) is 0 Å². The minimum absolute atomic E-state index is 0.0646. The van der Waals surface area contributed by atoms with Gasteiger partial charge in [-0.05, 0) is 78.0 Å². The van der Waals surface area contributed by atoms with Crippen LogP contribution in [0, 0.1) is 26.7 Å². The van der Waals surface area contributed by atoms with Gasteiger partial charge in [-0.15, -0.1) is 16.8 Å². The molecule has 1 heterocycles. The number of aromatic nitrogens is 3. The largest absolute Gasteiger partial charge is 0.342 e. The molecule has 0 saturated heterocycles. The zero-order valence-corrected chi connectivity index (χ0v) is 23.7. The topological polar surface area (TPSA) is 88.9 Å². The van der Waals surface area contributed by atoms with Gasteiger partial charge < -0.3 is 15.2 Å². The zero-order chi connectivity index (χ0) is 26.4. The predicted octanol–water partition coefficient (Wildman–Crippen LogP) is 6.01. The van der Waals surface area contributed by atoms with E-state index in [0.717, 1.165) is 26.9 Å². The fraction of sp³-hybridized carbons (Fsp3) is 0.333. The van der Waals surface area contributed by atoms with Crippen molar-refractivity contribution in [1.82, 2.24) is 20.1 Å². The van der Waals surface area contributed by atoms with E-state index in [2.05, 4.69) is 43.3 Å². The molecular formula is C27H32BrN5O2S. The highest BCUT2D eigenvalue weighted by atomic mass is 79.9. The van der Waals surface area contributed by atoms with Crippen LogP contribution in [0.25, 0.3) is 0 Å². The average molecular weight is 571 g/mol. The van der Waals surface area contributed by atoms with Gasteiger partial charge >= 0.3 is 0 Å². The molecule has 2 N–H and O–H groups in total. The first kappa shape index (κ1) is 27.7. The highest BCUT2D eigenvalue weighted by Gasteiger charge is 2.26. The lowest BCUT2D eigenvalue weighted by Gasteiger charge is -2.22. The molecule has 0 aliphatic heterocycles. The first-order valence-electron chi connectivity index (χ1n) is 11.7. The van der Waals surface area contributed by atoms with Gasteiger partial charge in [0.25, 0.3) is 5.91 Å². The van der Waals surface area contributed by atoms with E-state index in [1.54, 1.807) is 12.1 Å². The van der Waals surface area contributed by atoms with Crippen molar-refractivity contribution in [2.24, 2.45) is 5.92 Å². The third kappa shape index (κ3) is 6.85. The first-order chi connectivity index (χ1) is 17.1. The molecule has 9 heteroatoms. The predicted molar refractivity (Wildman–Crippen MR) is 149 cm³/mol. The third-order valence-electron chi connectivity index (χ3n) is 5.76. The van der Waals surface area contributed by atoms with Gasteiger partial charge in [-0.3, -0.25) is 9.59 Å². The lowest BCUT2D eigenvalue weighted by molar-refractivity contribution is -0.113. The molecule has 2 aromatic carbocycles. The highest BCUT2D eigenvalue weighted by Crippen LogP contribution is 2.28. The number of aryl methyl sites for hydroxylation is 3. The average Bonchev–Trinajstić information content (AvgIpc) is 3.21. The molecule has 0 unspecified atom stereocenters. The number of rotatable bonds is 10. The number of anilines is 1. The number of carbonyl (C=O) groups excluding carboxylic acids is 2. The van der Waals surface area contributed by atoms with Crippen molar-refractivity contribution in [3.63, 3.8) is 0 Å². The Labute approximate surface area is 225 Å². The van der Waals surface area contributed by atoms with Crippen molar-refractivity contribution in [3.8, 4) is 0 Å². The Morgan fingerprint density at radius 3 is 2.53 bits per heavy atom. The van der Waals surface area contributed by atoms with Gasteiger partial charge in [0.2, 0.25) is 5.91 Å². The molecule has 0 aliphatic rings. The number of allylic oxidation sites excluding steroid dienone is 1. The summed E-state index contributed by atoms with van der Waals surface area (Å²) in [5, 5.41) is 15.4. The van der Waals surface area contributed by atoms with E-state index in [1.165, 1.54) is 11.8 Å². The molecule has 0 spiro atoms. The van der Waals surface area contributed by atoms with E-state index >= 15 is 0 Å². The zero-order valence-electron chi connectivity index (χ0n) is 21.3. The van der Waals surface area contributed by atoms with Crippen molar-refractivity contribution in [2.45, 2.75) is 52.4 Å². The van der Waals surface area contributed by atoms with Gasteiger partial charge in [0.1, 0.15) is 0 Å². The van der Waals surface area contributed by atoms with E-state index < -0.39 is 0 Å². The maximum Gasteiger partial charge on any atom is 0.251 e. The lowest BCUT2D eigenvalue weighted by Crippen LogP contribution is -2.34. The Hall–Kier alpha value is -2.91. The van der Waals surface area contributed by atoms with Crippen molar-refractivity contribution in [3.05, 3.63) is 81.6 Å². The van der Waals surface area contributed by atoms with Crippen LogP contribution in [0.2, 0.25) is 0 Å². The van der Waals surface area contributed by atoms with E-state index in [9.17, 15) is 9.59 Å². The smallest absolute Gasteiger partial charge is 0.251 e. The second kappa shape index (κ2) is 12.4. The quantitative estimate of drug-likeness (QED) is 0.230. The standard InChI is InChI=1S/C27H32BrN5O2S/c1-7-11-33-25(24(16(2)3)30-26(35)20-10-8-9-17(4)12-20)31-32-27(33)36-15-23(34)29-22-14-19(6)18(5)13-21(22)28/h7-10,12-14,16,24H,1,11,15H2,2-6H3,(H,29,34)(H,30,35)/t24-/m0/s1. The molecule has 7 nitrogen and oxygen atoms in total. The Morgan fingerprint density at radius 1 is 1.14 bits per heavy atom. The van der Waals surface area contributed by atoms with Gasteiger partial charge in [0.05, 0.1) is 17.5 Å². The van der Waals surface area contributed by atoms with E-state index in [0.29, 0.717) is 23.1 Å². The maximum atomic E-state index is 13.0. The molecule has 0 aliphatic carbocycles. The van der Waals surface area contributed by atoms with Crippen LogP contribution in [-0.2, 0) is 11.3 Å². The van der Waals surface area contributed by atoms with Crippen LogP contribution < -0.4 is 10.6 Å². The van der Waals surface area contributed by atoms with Crippen molar-refractivity contribution in [1.29, 1.82) is 0 Å². The molecule has 2 amide bonds. The number of nitrogens with one attached hydrogen (secondary N) is 2. The molecule has 3 rings (SSSR count). The van der Waals surface area contributed by atoms with Gasteiger partial charge in [-0.2, -0.15) is 0 Å². The number of carbonyl (C=O) groups is 2. The first-order valence-corrected chi connectivity index (χ1v) is 13.5. The van der Waals surface area contributed by atoms with Crippen molar-refractivity contribution >= 4 is 45.2 Å². The molecule has 0 radical (unpaired) electrons. The van der Waals surface area contributed by atoms with Gasteiger partial charge in [0, 0.05) is 16.6 Å². The second-order valence-electron chi connectivity index (χ2n) is 9.06. The molecule has 36 heavy (non-hydrogen) atoms. The number of thioether (sulfide) groups is 1. The normalized spacial score (nSPS) is 11.9. The Bertz CT molecular complexity index is 1270. The Morgan fingerprint density at radius 2 is 1.86 bits per heavy atom. The van der Waals surface area contributed by atoms with E-state index in [-0.39, 0.29) is 29.5 Å². The summed E-state index contributed by atoms with van der Waals surface area (Å²) < 4.78 is 2.74. The van der Waals surface area contributed by atoms with E-state index in [1.807, 2.05) is 69.5 Å². The molecule has 1 aromatic heterocycles. The summed E-state index contributed by atoms with van der Waals surface area (Å²) in [4.78, 5) is 25.7. The minimum Gasteiger partial charge on any atom is -0.342 e. The van der Waals surface area contributed by atoms with Crippen LogP contribution in [0.5, 0.6) is 0 Å². The number of halogens is 1. The summed E-state index contributed by atoms with van der Waals surface area (Å²) in [6, 6.07) is 11.0. The summed E-state index contributed by atoms with van der Waals surface area (Å²) in [7, 11) is 0. The van der Waals surface area contributed by atoms with Crippen LogP contribution in [0.4, 0.5) is 5.69 Å². The minimum atomic E-state index is -0.361. The van der Waals surface area contributed by atoms with Crippen molar-refractivity contribution < 1.29 is 9.59 Å². The Kier molecular flexibility index (Phi) is 9.50. The van der Waals surface area contributed by atoms with E-state index in [4.69, 9.17) is 0 Å². The van der Waals surface area contributed by atoms with Crippen LogP contribution >= 0.6 is 27.7 Å². The summed E-state index contributed by atoms with van der Waals surface area (Å²) in [6.07, 6.45) is 1.75. The summed E-state index contributed by atoms with van der Waals surface area (Å²) in [5.41, 5.74) is 4.59. The fourth-order valence-corrected chi connectivity index (χ4v) is 4.98. The molecular weight excluding hydrogens is 538 g/mol. The van der Waals surface area contributed by atoms with Crippen molar-refractivity contribution in [2.75, 3.05) is 11.1 Å². The number of amides is 2. The molecule has 0 fully saturated rings. The lowest BCUT2D eigenvalue weighted by atomic mass is 10.0. The van der Waals surface area contributed by atoms with Crippen LogP contribution in [-0.4, -0.2) is 32.3 Å². The molecule has 1 atom stereocenters. The molecule has 0 saturated carbocycles. The monoisotopic (exact) mass is 569 g/mol. The number of benzene rings is 2. The summed E-state index contributed by atoms with van der Waals surface area (Å²) in [6.45, 7) is 14.4. The van der Waals surface area contributed by atoms with Crippen LogP contribution in [0.1, 0.15) is 52.8 Å². The SMILES string of the molecule is C=CCn1c(SCC(=O)Nc2cc(C)c(C)cc2Br)nnc1[C@@H](NC(=O)c1cccc(C)c1)C(C)C.